The molecule has 2 rings (SSSR count). The molecule has 0 aromatic carbocycles. The van der Waals surface area contributed by atoms with Crippen molar-refractivity contribution in [1.29, 1.82) is 0 Å². The van der Waals surface area contributed by atoms with Crippen LogP contribution in [0.4, 0.5) is 0 Å². The number of nitrogens with zero attached hydrogens (tertiary/aromatic N) is 1. The molecule has 2 aliphatic rings. The van der Waals surface area contributed by atoms with Crippen LogP contribution < -0.4 is 0 Å². The predicted octanol–water partition coefficient (Wildman–Crippen LogP) is 1.12. The Morgan fingerprint density at radius 3 is 2.54 bits per heavy atom. The van der Waals surface area contributed by atoms with Crippen molar-refractivity contribution in [3.8, 4) is 12.3 Å². The molecule has 1 aliphatic carbocycles. The Morgan fingerprint density at radius 2 is 2.00 bits per heavy atom. The van der Waals surface area contributed by atoms with Gasteiger partial charge in [0, 0.05) is 18.5 Å². The quantitative estimate of drug-likeness (QED) is 0.602. The summed E-state index contributed by atoms with van der Waals surface area (Å²) in [5, 5.41) is 0. The number of rotatable bonds is 3. The van der Waals surface area contributed by atoms with Crippen LogP contribution >= 0.6 is 0 Å². The fourth-order valence-corrected chi connectivity index (χ4v) is 1.81. The van der Waals surface area contributed by atoms with Crippen LogP contribution in [-0.4, -0.2) is 37.7 Å². The molecule has 0 spiro atoms. The molecule has 0 radical (unpaired) electrons. The normalized spacial score (nSPS) is 26.7. The maximum absolute atomic E-state index is 5.49. The number of hydrogen-bond acceptors (Lipinski definition) is 2. The van der Waals surface area contributed by atoms with Crippen LogP contribution in [0, 0.1) is 17.8 Å². The van der Waals surface area contributed by atoms with E-state index in [0.717, 1.165) is 32.8 Å². The molecule has 0 aromatic heterocycles. The van der Waals surface area contributed by atoms with E-state index in [4.69, 9.17) is 11.2 Å². The van der Waals surface area contributed by atoms with Crippen LogP contribution in [0.2, 0.25) is 0 Å². The molecule has 2 heteroatoms. The predicted molar refractivity (Wildman–Crippen MR) is 52.4 cm³/mol. The van der Waals surface area contributed by atoms with Gasteiger partial charge in [-0.3, -0.25) is 4.90 Å². The van der Waals surface area contributed by atoms with Gasteiger partial charge >= 0.3 is 0 Å². The van der Waals surface area contributed by atoms with Crippen molar-refractivity contribution in [3.63, 3.8) is 0 Å². The minimum atomic E-state index is 0.290. The number of hydrogen-bond donors (Lipinski definition) is 0. The molecule has 1 aliphatic heterocycles. The monoisotopic (exact) mass is 179 g/mol. The van der Waals surface area contributed by atoms with Crippen LogP contribution in [0.3, 0.4) is 0 Å². The van der Waals surface area contributed by atoms with Gasteiger partial charge in [0.05, 0.1) is 13.2 Å². The minimum absolute atomic E-state index is 0.290. The van der Waals surface area contributed by atoms with Crippen LogP contribution in [0.15, 0.2) is 0 Å². The molecular weight excluding hydrogens is 162 g/mol. The van der Waals surface area contributed by atoms with Gasteiger partial charge in [-0.05, 0) is 25.8 Å². The Hall–Kier alpha value is -0.520. The molecule has 1 saturated carbocycles. The molecule has 1 heterocycles. The average molecular weight is 179 g/mol. The van der Waals surface area contributed by atoms with Crippen molar-refractivity contribution < 1.29 is 4.74 Å². The van der Waals surface area contributed by atoms with Crippen LogP contribution in [-0.2, 0) is 4.74 Å². The summed E-state index contributed by atoms with van der Waals surface area (Å²) in [6, 6.07) is 0. The summed E-state index contributed by atoms with van der Waals surface area (Å²) in [6.45, 7) is 5.11. The zero-order valence-electron chi connectivity index (χ0n) is 8.09. The average Bonchev–Trinajstić information content (AvgIpc) is 2.97. The van der Waals surface area contributed by atoms with Crippen LogP contribution in [0.5, 0.6) is 0 Å². The van der Waals surface area contributed by atoms with Crippen molar-refractivity contribution in [2.45, 2.75) is 19.3 Å². The zero-order chi connectivity index (χ0) is 9.15. The third-order valence-corrected chi connectivity index (χ3v) is 3.17. The Morgan fingerprint density at radius 1 is 1.31 bits per heavy atom. The Labute approximate surface area is 80.2 Å². The van der Waals surface area contributed by atoms with E-state index in [1.165, 1.54) is 19.3 Å². The van der Waals surface area contributed by atoms with E-state index in [2.05, 4.69) is 10.8 Å². The third-order valence-electron chi connectivity index (χ3n) is 3.17. The highest BCUT2D eigenvalue weighted by Gasteiger charge is 2.40. The van der Waals surface area contributed by atoms with E-state index in [0.29, 0.717) is 0 Å². The van der Waals surface area contributed by atoms with Crippen LogP contribution in [0.1, 0.15) is 19.3 Å². The van der Waals surface area contributed by atoms with Gasteiger partial charge in [-0.2, -0.15) is 0 Å². The molecule has 0 atom stereocenters. The van der Waals surface area contributed by atoms with E-state index in [-0.39, 0.29) is 5.41 Å². The first-order valence-electron chi connectivity index (χ1n) is 5.13. The molecule has 1 saturated heterocycles. The maximum atomic E-state index is 5.49. The molecule has 72 valence electrons. The fourth-order valence-electron chi connectivity index (χ4n) is 1.81. The maximum Gasteiger partial charge on any atom is 0.0594 e. The van der Waals surface area contributed by atoms with Gasteiger partial charge in [0.25, 0.3) is 0 Å². The zero-order valence-corrected chi connectivity index (χ0v) is 8.09. The number of terminal acetylenes is 1. The van der Waals surface area contributed by atoms with Gasteiger partial charge < -0.3 is 4.74 Å². The van der Waals surface area contributed by atoms with E-state index >= 15 is 0 Å². The Balaban J connectivity index is 1.70. The topological polar surface area (TPSA) is 12.5 Å². The van der Waals surface area contributed by atoms with Crippen molar-refractivity contribution in [1.82, 2.24) is 4.90 Å². The van der Waals surface area contributed by atoms with Gasteiger partial charge in [0.2, 0.25) is 0 Å². The highest BCUT2D eigenvalue weighted by atomic mass is 16.5. The molecule has 13 heavy (non-hydrogen) atoms. The molecule has 2 fully saturated rings. The lowest BCUT2D eigenvalue weighted by Crippen LogP contribution is -2.37. The van der Waals surface area contributed by atoms with Gasteiger partial charge in [-0.1, -0.05) is 5.92 Å². The van der Waals surface area contributed by atoms with Gasteiger partial charge in [-0.25, -0.2) is 0 Å². The van der Waals surface area contributed by atoms with E-state index in [1.54, 1.807) is 0 Å². The second-order valence-corrected chi connectivity index (χ2v) is 4.13. The third kappa shape index (κ3) is 2.24. The standard InChI is InChI=1S/C11H17NO/c1-2-11(3-4-11)5-6-12-7-9-13-10-8-12/h1H,3-10H2. The summed E-state index contributed by atoms with van der Waals surface area (Å²) >= 11 is 0. The smallest absolute Gasteiger partial charge is 0.0594 e. The van der Waals surface area contributed by atoms with Gasteiger partial charge in [0.1, 0.15) is 0 Å². The summed E-state index contributed by atoms with van der Waals surface area (Å²) < 4.78 is 5.29. The lowest BCUT2D eigenvalue weighted by Gasteiger charge is -2.27. The lowest BCUT2D eigenvalue weighted by molar-refractivity contribution is 0.0358. The first kappa shape index (κ1) is 9.05. The minimum Gasteiger partial charge on any atom is -0.379 e. The van der Waals surface area contributed by atoms with E-state index < -0.39 is 0 Å². The van der Waals surface area contributed by atoms with Crippen molar-refractivity contribution in [3.05, 3.63) is 0 Å². The summed E-state index contributed by atoms with van der Waals surface area (Å²) in [5.41, 5.74) is 0.290. The highest BCUT2D eigenvalue weighted by Crippen LogP contribution is 2.48. The van der Waals surface area contributed by atoms with Crippen LogP contribution in [0.25, 0.3) is 0 Å². The first-order valence-corrected chi connectivity index (χ1v) is 5.13. The van der Waals surface area contributed by atoms with E-state index in [9.17, 15) is 0 Å². The van der Waals surface area contributed by atoms with Crippen molar-refractivity contribution in [2.24, 2.45) is 5.41 Å². The Bertz CT molecular complexity index is 209. The van der Waals surface area contributed by atoms with Gasteiger partial charge in [0.15, 0.2) is 0 Å². The first-order chi connectivity index (χ1) is 6.35. The fraction of sp³-hybridized carbons (Fsp3) is 0.818. The van der Waals surface area contributed by atoms with E-state index in [1.807, 2.05) is 0 Å². The highest BCUT2D eigenvalue weighted by molar-refractivity contribution is 5.14. The summed E-state index contributed by atoms with van der Waals surface area (Å²) in [7, 11) is 0. The van der Waals surface area contributed by atoms with Gasteiger partial charge in [-0.15, -0.1) is 6.42 Å². The molecular formula is C11H17NO. The summed E-state index contributed by atoms with van der Waals surface area (Å²) in [4.78, 5) is 2.46. The number of ether oxygens (including phenoxy) is 1. The summed E-state index contributed by atoms with van der Waals surface area (Å²) in [6.07, 6.45) is 9.16. The lowest BCUT2D eigenvalue weighted by atomic mass is 10.0. The second kappa shape index (κ2) is 3.69. The second-order valence-electron chi connectivity index (χ2n) is 4.13. The molecule has 0 N–H and O–H groups in total. The number of morpholine rings is 1. The van der Waals surface area contributed by atoms with Crippen molar-refractivity contribution in [2.75, 3.05) is 32.8 Å². The van der Waals surface area contributed by atoms with Crippen molar-refractivity contribution >= 4 is 0 Å². The SMILES string of the molecule is C#CC1(CCN2CCOCC2)CC1. The molecule has 0 aromatic rings. The Kier molecular flexibility index (Phi) is 2.57. The molecule has 0 unspecified atom stereocenters. The molecule has 0 bridgehead atoms. The summed E-state index contributed by atoms with van der Waals surface area (Å²) in [5.74, 6) is 2.93. The molecule has 0 amide bonds. The molecule has 2 nitrogen and oxygen atoms in total. The largest absolute Gasteiger partial charge is 0.379 e.